The Bertz CT molecular complexity index is 892. The van der Waals surface area contributed by atoms with E-state index in [1.54, 1.807) is 7.11 Å². The van der Waals surface area contributed by atoms with E-state index in [0.29, 0.717) is 17.3 Å². The van der Waals surface area contributed by atoms with Gasteiger partial charge in [-0.25, -0.2) is 4.98 Å². The molecule has 0 radical (unpaired) electrons. The molecule has 128 valence electrons. The van der Waals surface area contributed by atoms with Crippen molar-refractivity contribution in [1.29, 1.82) is 0 Å². The molecule has 8 heteroatoms. The van der Waals surface area contributed by atoms with Crippen LogP contribution in [0.1, 0.15) is 5.69 Å². The Kier molecular flexibility index (Phi) is 4.85. The zero-order valence-corrected chi connectivity index (χ0v) is 13.9. The van der Waals surface area contributed by atoms with Gasteiger partial charge in [0.25, 0.3) is 5.69 Å². The highest BCUT2D eigenvalue weighted by molar-refractivity contribution is 6.32. The van der Waals surface area contributed by atoms with Gasteiger partial charge in [0.2, 0.25) is 5.89 Å². The molecule has 0 aliphatic carbocycles. The van der Waals surface area contributed by atoms with E-state index in [9.17, 15) is 10.1 Å². The van der Waals surface area contributed by atoms with Gasteiger partial charge in [0, 0.05) is 17.7 Å². The van der Waals surface area contributed by atoms with E-state index < -0.39 is 4.92 Å². The van der Waals surface area contributed by atoms with Gasteiger partial charge in [0.15, 0.2) is 0 Å². The Morgan fingerprint density at radius 2 is 2.00 bits per heavy atom. The zero-order chi connectivity index (χ0) is 17.8. The second-order valence-corrected chi connectivity index (χ2v) is 5.44. The van der Waals surface area contributed by atoms with Crippen LogP contribution in [0.2, 0.25) is 5.02 Å². The molecule has 0 N–H and O–H groups in total. The smallest absolute Gasteiger partial charge is 0.271 e. The van der Waals surface area contributed by atoms with Crippen LogP contribution in [0.3, 0.4) is 0 Å². The molecule has 0 aliphatic heterocycles. The molecule has 2 aromatic carbocycles. The van der Waals surface area contributed by atoms with Crippen molar-refractivity contribution in [1.82, 2.24) is 4.98 Å². The molecule has 0 unspecified atom stereocenters. The third-order valence-corrected chi connectivity index (χ3v) is 3.69. The highest BCUT2D eigenvalue weighted by atomic mass is 35.5. The number of rotatable bonds is 6. The van der Waals surface area contributed by atoms with Crippen LogP contribution in [0.25, 0.3) is 11.5 Å². The van der Waals surface area contributed by atoms with E-state index in [1.807, 2.05) is 24.3 Å². The van der Waals surface area contributed by atoms with Gasteiger partial charge in [0.05, 0.1) is 17.1 Å². The number of ether oxygens (including phenoxy) is 2. The second-order valence-electron chi connectivity index (χ2n) is 5.03. The standard InChI is InChI=1S/C17H13ClN2O5/c1-23-14-5-2-11(3-6-14)17-19-12(10-25-17)9-24-16-7-4-13(20(21)22)8-15(16)18/h2-8,10H,9H2,1H3. The number of methoxy groups -OCH3 is 1. The van der Waals surface area contributed by atoms with Gasteiger partial charge in [-0.1, -0.05) is 11.6 Å². The van der Waals surface area contributed by atoms with Gasteiger partial charge in [-0.3, -0.25) is 10.1 Å². The maximum absolute atomic E-state index is 10.7. The van der Waals surface area contributed by atoms with Crippen molar-refractivity contribution in [2.24, 2.45) is 0 Å². The first kappa shape index (κ1) is 16.8. The summed E-state index contributed by atoms with van der Waals surface area (Å²) in [4.78, 5) is 14.5. The summed E-state index contributed by atoms with van der Waals surface area (Å²) in [6.45, 7) is 0.122. The summed E-state index contributed by atoms with van der Waals surface area (Å²) < 4.78 is 16.1. The quantitative estimate of drug-likeness (QED) is 0.475. The first-order valence-corrected chi connectivity index (χ1v) is 7.60. The van der Waals surface area contributed by atoms with Crippen LogP contribution < -0.4 is 9.47 Å². The number of halogens is 1. The minimum absolute atomic E-state index is 0.0967. The number of hydrogen-bond acceptors (Lipinski definition) is 6. The predicted octanol–water partition coefficient (Wildman–Crippen LogP) is 4.49. The van der Waals surface area contributed by atoms with Crippen molar-refractivity contribution >= 4 is 17.3 Å². The number of nitro groups is 1. The number of hydrogen-bond donors (Lipinski definition) is 0. The van der Waals surface area contributed by atoms with Gasteiger partial charge in [-0.15, -0.1) is 0 Å². The molecule has 7 nitrogen and oxygen atoms in total. The number of oxazole rings is 1. The molecule has 3 aromatic rings. The topological polar surface area (TPSA) is 87.6 Å². The lowest BCUT2D eigenvalue weighted by Gasteiger charge is -2.05. The summed E-state index contributed by atoms with van der Waals surface area (Å²) >= 11 is 5.98. The maximum atomic E-state index is 10.7. The molecule has 0 aliphatic rings. The van der Waals surface area contributed by atoms with Crippen LogP contribution in [0.15, 0.2) is 53.1 Å². The third-order valence-electron chi connectivity index (χ3n) is 3.39. The number of non-ortho nitro benzene ring substituents is 1. The molecule has 0 saturated heterocycles. The predicted molar refractivity (Wildman–Crippen MR) is 90.9 cm³/mol. The molecule has 25 heavy (non-hydrogen) atoms. The van der Waals surface area contributed by atoms with Crippen molar-refractivity contribution in [2.45, 2.75) is 6.61 Å². The highest BCUT2D eigenvalue weighted by Crippen LogP contribution is 2.29. The fourth-order valence-electron chi connectivity index (χ4n) is 2.11. The first-order chi connectivity index (χ1) is 12.1. The number of nitro benzene ring substituents is 1. The fraction of sp³-hybridized carbons (Fsp3) is 0.118. The van der Waals surface area contributed by atoms with Crippen molar-refractivity contribution in [3.8, 4) is 23.0 Å². The van der Waals surface area contributed by atoms with Crippen molar-refractivity contribution in [3.63, 3.8) is 0 Å². The SMILES string of the molecule is COc1ccc(-c2nc(COc3ccc([N+](=O)[O-])cc3Cl)co2)cc1. The number of benzene rings is 2. The van der Waals surface area contributed by atoms with Crippen LogP contribution in [0.4, 0.5) is 5.69 Å². The third kappa shape index (κ3) is 3.89. The Balaban J connectivity index is 1.68. The molecule has 0 spiro atoms. The Hall–Kier alpha value is -3.06. The largest absolute Gasteiger partial charge is 0.497 e. The van der Waals surface area contributed by atoms with E-state index in [4.69, 9.17) is 25.5 Å². The molecule has 1 aromatic heterocycles. The Morgan fingerprint density at radius 1 is 1.24 bits per heavy atom. The fourth-order valence-corrected chi connectivity index (χ4v) is 2.34. The lowest BCUT2D eigenvalue weighted by atomic mass is 10.2. The highest BCUT2D eigenvalue weighted by Gasteiger charge is 2.12. The summed E-state index contributed by atoms with van der Waals surface area (Å²) in [6, 6.07) is 11.3. The number of nitrogens with zero attached hydrogens (tertiary/aromatic N) is 2. The van der Waals surface area contributed by atoms with Gasteiger partial charge >= 0.3 is 0 Å². The van der Waals surface area contributed by atoms with Gasteiger partial charge in [-0.2, -0.15) is 0 Å². The van der Waals surface area contributed by atoms with Crippen molar-refractivity contribution < 1.29 is 18.8 Å². The summed E-state index contributed by atoms with van der Waals surface area (Å²) in [7, 11) is 1.60. The van der Waals surface area contributed by atoms with E-state index in [2.05, 4.69) is 4.98 Å². The minimum atomic E-state index is -0.519. The van der Waals surface area contributed by atoms with E-state index >= 15 is 0 Å². The van der Waals surface area contributed by atoms with Gasteiger partial charge < -0.3 is 13.9 Å². The van der Waals surface area contributed by atoms with Crippen LogP contribution in [-0.2, 0) is 6.61 Å². The van der Waals surface area contributed by atoms with Crippen LogP contribution in [0.5, 0.6) is 11.5 Å². The minimum Gasteiger partial charge on any atom is -0.497 e. The Morgan fingerprint density at radius 3 is 2.64 bits per heavy atom. The summed E-state index contributed by atoms with van der Waals surface area (Å²) in [5.74, 6) is 1.53. The molecule has 0 amide bonds. The molecule has 0 saturated carbocycles. The van der Waals surface area contributed by atoms with Crippen LogP contribution >= 0.6 is 11.6 Å². The molecule has 3 rings (SSSR count). The van der Waals surface area contributed by atoms with Crippen LogP contribution in [-0.4, -0.2) is 17.0 Å². The zero-order valence-electron chi connectivity index (χ0n) is 13.1. The lowest BCUT2D eigenvalue weighted by molar-refractivity contribution is -0.384. The average molecular weight is 361 g/mol. The molecule has 1 heterocycles. The second kappa shape index (κ2) is 7.23. The monoisotopic (exact) mass is 360 g/mol. The summed E-state index contributed by atoms with van der Waals surface area (Å²) in [5.41, 5.74) is 1.28. The summed E-state index contributed by atoms with van der Waals surface area (Å²) in [5, 5.41) is 10.9. The van der Waals surface area contributed by atoms with Gasteiger partial charge in [-0.05, 0) is 30.3 Å². The molecule has 0 atom stereocenters. The lowest BCUT2D eigenvalue weighted by Crippen LogP contribution is -1.97. The normalized spacial score (nSPS) is 10.5. The summed E-state index contributed by atoms with van der Waals surface area (Å²) in [6.07, 6.45) is 1.48. The number of aromatic nitrogens is 1. The first-order valence-electron chi connectivity index (χ1n) is 7.22. The molecule has 0 fully saturated rings. The molecular weight excluding hydrogens is 348 g/mol. The van der Waals surface area contributed by atoms with E-state index in [0.717, 1.165) is 11.3 Å². The van der Waals surface area contributed by atoms with Crippen molar-refractivity contribution in [3.05, 3.63) is 69.6 Å². The van der Waals surface area contributed by atoms with Crippen molar-refractivity contribution in [2.75, 3.05) is 7.11 Å². The molecular formula is C17H13ClN2O5. The molecule has 0 bridgehead atoms. The van der Waals surface area contributed by atoms with Gasteiger partial charge in [0.1, 0.15) is 30.1 Å². The Labute approximate surface area is 147 Å². The average Bonchev–Trinajstić information content (AvgIpc) is 3.09. The van der Waals surface area contributed by atoms with E-state index in [-0.39, 0.29) is 17.3 Å². The van der Waals surface area contributed by atoms with E-state index in [1.165, 1.54) is 24.5 Å². The maximum Gasteiger partial charge on any atom is 0.271 e. The van der Waals surface area contributed by atoms with Crippen LogP contribution in [0, 0.1) is 10.1 Å².